The maximum absolute atomic E-state index is 13.0. The molecule has 3 unspecified atom stereocenters. The first-order valence-corrected chi connectivity index (χ1v) is 20.9. The number of ether oxygens (including phenoxy) is 1. The average molecular weight is 806 g/mol. The number of Topliss-reactive ketones (excluding diaryl/α,β-unsaturated/α-hetero) is 1. The van der Waals surface area contributed by atoms with Crippen LogP contribution in [0, 0.1) is 0 Å². The largest absolute Gasteiger partial charge is 0.458 e. The van der Waals surface area contributed by atoms with Crippen molar-refractivity contribution in [3.8, 4) is 0 Å². The van der Waals surface area contributed by atoms with Crippen molar-refractivity contribution in [1.29, 1.82) is 0 Å². The Balaban J connectivity index is 0.000000376. The molecule has 0 aromatic heterocycles. The molecule has 4 rings (SSSR count). The molecule has 0 saturated heterocycles. The van der Waals surface area contributed by atoms with Crippen LogP contribution >= 0.6 is 0 Å². The Morgan fingerprint density at radius 2 is 1.41 bits per heavy atom. The van der Waals surface area contributed by atoms with E-state index >= 15 is 0 Å². The Morgan fingerprint density at radius 1 is 0.810 bits per heavy atom. The number of esters is 1. The molecule has 1 aliphatic heterocycles. The minimum atomic E-state index is -0.943. The van der Waals surface area contributed by atoms with Gasteiger partial charge in [-0.2, -0.15) is 0 Å². The Labute approximate surface area is 345 Å². The fourth-order valence-corrected chi connectivity index (χ4v) is 6.48. The molecule has 3 atom stereocenters. The van der Waals surface area contributed by atoms with Gasteiger partial charge in [0.2, 0.25) is 29.4 Å². The van der Waals surface area contributed by atoms with Gasteiger partial charge < -0.3 is 31.3 Å². The standard InChI is InChI=1S/C24H33N3O5.C15H22N2O3.C6H12/c1-2-8-19(21(29)16-28)27-24(32)20-14-18-11-7-10-17(13-18)9-5-3-4-6-12-22(30)25-15-23(31)26-20;1-15(2,3)20-14(19)13(17-12(18)10-16-4)11-8-6-5-7-9-11;1-2-4-6-5-3-1/h7,10-11,13,16,19-20H,2-6,8-9,12,14-15H2,1H3,(H,25,30)(H,26,31)(H,27,32);5-9,13,16H,10H2,1-4H3,(H,17,18);1-6H2. The highest BCUT2D eigenvalue weighted by Crippen LogP contribution is 2.19. The Hall–Kier alpha value is -4.91. The minimum Gasteiger partial charge on any atom is -0.458 e. The van der Waals surface area contributed by atoms with Crippen LogP contribution in [-0.4, -0.2) is 79.5 Å². The van der Waals surface area contributed by atoms with E-state index < -0.39 is 47.3 Å². The zero-order valence-electron chi connectivity index (χ0n) is 35.3. The zero-order valence-corrected chi connectivity index (χ0v) is 35.3. The summed E-state index contributed by atoms with van der Waals surface area (Å²) in [7, 11) is 1.67. The first-order chi connectivity index (χ1) is 27.8. The number of hydrogen-bond acceptors (Lipinski definition) is 9. The zero-order chi connectivity index (χ0) is 42.8. The molecule has 320 valence electrons. The van der Waals surface area contributed by atoms with E-state index in [-0.39, 0.29) is 37.6 Å². The molecule has 2 aromatic carbocycles. The molecule has 2 aliphatic rings. The minimum absolute atomic E-state index is 0.145. The third kappa shape index (κ3) is 21.0. The normalized spacial score (nSPS) is 17.4. The van der Waals surface area contributed by atoms with Crippen molar-refractivity contribution in [2.75, 3.05) is 20.1 Å². The van der Waals surface area contributed by atoms with E-state index in [0.29, 0.717) is 24.8 Å². The number of fused-ring (bicyclic) bond motifs is 2. The van der Waals surface area contributed by atoms with Crippen LogP contribution in [0.5, 0.6) is 0 Å². The summed E-state index contributed by atoms with van der Waals surface area (Å²) in [6, 6.07) is 14.3. The number of benzene rings is 2. The van der Waals surface area contributed by atoms with E-state index in [0.717, 1.165) is 43.2 Å². The van der Waals surface area contributed by atoms with Crippen molar-refractivity contribution in [3.05, 3.63) is 71.3 Å². The molecule has 0 spiro atoms. The third-order valence-electron chi connectivity index (χ3n) is 9.42. The maximum atomic E-state index is 13.0. The van der Waals surface area contributed by atoms with E-state index in [1.807, 2.05) is 49.4 Å². The van der Waals surface area contributed by atoms with Crippen LogP contribution in [0.1, 0.15) is 134 Å². The number of carbonyl (C=O) groups excluding carboxylic acids is 7. The highest BCUT2D eigenvalue weighted by molar-refractivity contribution is 6.28. The fraction of sp³-hybridized carbons (Fsp3) is 0.578. The highest BCUT2D eigenvalue weighted by Gasteiger charge is 2.28. The van der Waals surface area contributed by atoms with Gasteiger partial charge in [0.25, 0.3) is 0 Å². The predicted octanol–water partition coefficient (Wildman–Crippen LogP) is 5.14. The monoisotopic (exact) mass is 805 g/mol. The second-order valence-electron chi connectivity index (χ2n) is 15.8. The van der Waals surface area contributed by atoms with Crippen molar-refractivity contribution >= 4 is 41.7 Å². The molecule has 0 radical (unpaired) electrons. The van der Waals surface area contributed by atoms with Gasteiger partial charge >= 0.3 is 5.97 Å². The quantitative estimate of drug-likeness (QED) is 0.117. The number of rotatable bonds is 11. The molecule has 1 aliphatic carbocycles. The first-order valence-electron chi connectivity index (χ1n) is 20.9. The predicted molar refractivity (Wildman–Crippen MR) is 225 cm³/mol. The molecule has 1 fully saturated rings. The average Bonchev–Trinajstić information content (AvgIpc) is 3.20. The number of likely N-dealkylation sites (N-methyl/N-ethyl adjacent to an activating group) is 1. The lowest BCUT2D eigenvalue weighted by Gasteiger charge is -2.24. The van der Waals surface area contributed by atoms with Gasteiger partial charge in [0, 0.05) is 12.8 Å². The molecule has 58 heavy (non-hydrogen) atoms. The van der Waals surface area contributed by atoms with Crippen molar-refractivity contribution in [3.63, 3.8) is 0 Å². The molecule has 13 heteroatoms. The third-order valence-corrected chi connectivity index (χ3v) is 9.42. The summed E-state index contributed by atoms with van der Waals surface area (Å²) >= 11 is 0. The van der Waals surface area contributed by atoms with E-state index in [1.165, 1.54) is 38.5 Å². The number of aldehydes is 1. The molecule has 2 aromatic rings. The van der Waals surface area contributed by atoms with Gasteiger partial charge in [0.1, 0.15) is 11.6 Å². The summed E-state index contributed by atoms with van der Waals surface area (Å²) in [6.07, 6.45) is 15.4. The van der Waals surface area contributed by atoms with Crippen LogP contribution in [0.2, 0.25) is 0 Å². The van der Waals surface area contributed by atoms with E-state index in [1.54, 1.807) is 40.0 Å². The van der Waals surface area contributed by atoms with E-state index in [4.69, 9.17) is 4.74 Å². The second kappa shape index (κ2) is 27.7. The van der Waals surface area contributed by atoms with Crippen LogP contribution in [0.3, 0.4) is 0 Å². The highest BCUT2D eigenvalue weighted by atomic mass is 16.6. The van der Waals surface area contributed by atoms with Gasteiger partial charge in [0.05, 0.1) is 19.1 Å². The Bertz CT molecular complexity index is 1580. The lowest BCUT2D eigenvalue weighted by atomic mass is 9.99. The Kier molecular flexibility index (Phi) is 23.5. The first kappa shape index (κ1) is 49.2. The van der Waals surface area contributed by atoms with Crippen LogP contribution < -0.4 is 26.6 Å². The second-order valence-corrected chi connectivity index (χ2v) is 15.8. The fourth-order valence-electron chi connectivity index (χ4n) is 6.48. The van der Waals surface area contributed by atoms with Gasteiger partial charge in [-0.05, 0) is 70.2 Å². The number of hydrogen-bond donors (Lipinski definition) is 5. The summed E-state index contributed by atoms with van der Waals surface area (Å²) in [5.41, 5.74) is 2.13. The molecule has 2 bridgehead atoms. The van der Waals surface area contributed by atoms with Gasteiger partial charge in [-0.25, -0.2) is 4.79 Å². The van der Waals surface area contributed by atoms with Crippen molar-refractivity contribution in [2.45, 2.75) is 148 Å². The number of nitrogens with one attached hydrogen (secondary N) is 5. The van der Waals surface area contributed by atoms with Crippen LogP contribution in [0.25, 0.3) is 0 Å². The van der Waals surface area contributed by atoms with Crippen LogP contribution in [-0.2, 0) is 51.1 Å². The summed E-state index contributed by atoms with van der Waals surface area (Å²) in [5, 5.41) is 13.3. The molecular formula is C45H67N5O8. The van der Waals surface area contributed by atoms with E-state index in [2.05, 4.69) is 26.6 Å². The lowest BCUT2D eigenvalue weighted by molar-refractivity contribution is -0.158. The molecule has 4 amide bonds. The number of aryl methyl sites for hydroxylation is 1. The number of ketones is 1. The molecule has 13 nitrogen and oxygen atoms in total. The topological polar surface area (TPSA) is 189 Å². The molecule has 1 heterocycles. The molecule has 5 N–H and O–H groups in total. The smallest absolute Gasteiger partial charge is 0.333 e. The summed E-state index contributed by atoms with van der Waals surface area (Å²) < 4.78 is 5.36. The summed E-state index contributed by atoms with van der Waals surface area (Å²) in [4.78, 5) is 84.1. The van der Waals surface area contributed by atoms with Crippen molar-refractivity contribution in [1.82, 2.24) is 26.6 Å². The summed E-state index contributed by atoms with van der Waals surface area (Å²) in [5.74, 6) is -2.65. The van der Waals surface area contributed by atoms with Crippen molar-refractivity contribution in [2.24, 2.45) is 0 Å². The van der Waals surface area contributed by atoms with Crippen molar-refractivity contribution < 1.29 is 38.3 Å². The Morgan fingerprint density at radius 3 is 2.00 bits per heavy atom. The van der Waals surface area contributed by atoms with E-state index in [9.17, 15) is 33.6 Å². The SMILES string of the molecule is C1CCCCC1.CCCC(NC(=O)C1Cc2cccc(c2)CCCCCCC(=O)NCC(=O)N1)C(=O)C=O.CNCC(=O)NC(C(=O)OC(C)(C)C)c1ccccc1. The molecule has 1 saturated carbocycles. The number of carbonyl (C=O) groups is 7. The van der Waals surface area contributed by atoms with Crippen LogP contribution in [0.15, 0.2) is 54.6 Å². The van der Waals surface area contributed by atoms with Gasteiger partial charge in [-0.3, -0.25) is 28.8 Å². The lowest BCUT2D eigenvalue weighted by Crippen LogP contribution is -2.54. The van der Waals surface area contributed by atoms with Gasteiger partial charge in [-0.15, -0.1) is 0 Å². The summed E-state index contributed by atoms with van der Waals surface area (Å²) in [6.45, 7) is 7.15. The van der Waals surface area contributed by atoms with Crippen LogP contribution in [0.4, 0.5) is 0 Å². The maximum Gasteiger partial charge on any atom is 0.333 e. The van der Waals surface area contributed by atoms with Gasteiger partial charge in [0.15, 0.2) is 12.3 Å². The number of amides is 4. The molecular weight excluding hydrogens is 739 g/mol. The van der Waals surface area contributed by atoms with Gasteiger partial charge in [-0.1, -0.05) is 119 Å².